The van der Waals surface area contributed by atoms with E-state index in [9.17, 15) is 4.79 Å². The van der Waals surface area contributed by atoms with Crippen molar-refractivity contribution in [2.24, 2.45) is 0 Å². The van der Waals surface area contributed by atoms with Crippen LogP contribution in [-0.4, -0.2) is 21.9 Å². The summed E-state index contributed by atoms with van der Waals surface area (Å²) in [7, 11) is 0. The van der Waals surface area contributed by atoms with Gasteiger partial charge in [0.15, 0.2) is 0 Å². The standard InChI is InChI=1S/C15H15N5O/c1-10(2)19-14(21)12-8-17-15(18-9-12)20-13-5-3-11(7-16)4-6-13/h3-6,8-10H,1-2H3,(H,19,21)(H,17,18,20). The fourth-order valence-corrected chi connectivity index (χ4v) is 1.61. The summed E-state index contributed by atoms with van der Waals surface area (Å²) in [5.74, 6) is 0.190. The predicted octanol–water partition coefficient (Wildman–Crippen LogP) is 2.23. The van der Waals surface area contributed by atoms with Crippen molar-refractivity contribution in [1.82, 2.24) is 15.3 Å². The van der Waals surface area contributed by atoms with Crippen molar-refractivity contribution in [3.05, 3.63) is 47.8 Å². The number of nitrogens with one attached hydrogen (secondary N) is 2. The SMILES string of the molecule is CC(C)NC(=O)c1cnc(Nc2ccc(C#N)cc2)nc1. The summed E-state index contributed by atoms with van der Waals surface area (Å²) >= 11 is 0. The Bertz CT molecular complexity index is 656. The van der Waals surface area contributed by atoms with Gasteiger partial charge in [0.2, 0.25) is 5.95 Å². The van der Waals surface area contributed by atoms with E-state index in [1.54, 1.807) is 24.3 Å². The van der Waals surface area contributed by atoms with Crippen LogP contribution in [0.3, 0.4) is 0 Å². The minimum Gasteiger partial charge on any atom is -0.350 e. The molecule has 0 fully saturated rings. The molecule has 106 valence electrons. The van der Waals surface area contributed by atoms with Gasteiger partial charge in [0.1, 0.15) is 0 Å². The zero-order valence-electron chi connectivity index (χ0n) is 11.8. The highest BCUT2D eigenvalue weighted by atomic mass is 16.1. The van der Waals surface area contributed by atoms with Gasteiger partial charge in [-0.2, -0.15) is 5.26 Å². The second-order valence-corrected chi connectivity index (χ2v) is 4.74. The molecule has 0 aliphatic carbocycles. The van der Waals surface area contributed by atoms with Crippen LogP contribution in [0.1, 0.15) is 29.8 Å². The van der Waals surface area contributed by atoms with E-state index in [0.29, 0.717) is 17.1 Å². The van der Waals surface area contributed by atoms with Gasteiger partial charge in [0, 0.05) is 24.1 Å². The van der Waals surface area contributed by atoms with E-state index in [0.717, 1.165) is 5.69 Å². The first-order valence-electron chi connectivity index (χ1n) is 6.48. The lowest BCUT2D eigenvalue weighted by molar-refractivity contribution is 0.0942. The maximum Gasteiger partial charge on any atom is 0.254 e. The predicted molar refractivity (Wildman–Crippen MR) is 79.1 cm³/mol. The molecule has 2 aromatic rings. The molecule has 6 nitrogen and oxygen atoms in total. The number of rotatable bonds is 4. The summed E-state index contributed by atoms with van der Waals surface area (Å²) in [6, 6.07) is 9.05. The highest BCUT2D eigenvalue weighted by Gasteiger charge is 2.08. The molecule has 0 saturated carbocycles. The van der Waals surface area contributed by atoms with E-state index in [1.807, 2.05) is 19.9 Å². The molecule has 1 aromatic heterocycles. The van der Waals surface area contributed by atoms with Gasteiger partial charge in [-0.05, 0) is 38.1 Å². The second-order valence-electron chi connectivity index (χ2n) is 4.74. The largest absolute Gasteiger partial charge is 0.350 e. The van der Waals surface area contributed by atoms with E-state index in [4.69, 9.17) is 5.26 Å². The van der Waals surface area contributed by atoms with Crippen LogP contribution >= 0.6 is 0 Å². The third kappa shape index (κ3) is 4.01. The number of carbonyl (C=O) groups is 1. The van der Waals surface area contributed by atoms with E-state index in [-0.39, 0.29) is 11.9 Å². The summed E-state index contributed by atoms with van der Waals surface area (Å²) in [6.45, 7) is 3.78. The first-order valence-corrected chi connectivity index (χ1v) is 6.48. The maximum atomic E-state index is 11.8. The lowest BCUT2D eigenvalue weighted by atomic mass is 10.2. The Morgan fingerprint density at radius 2 is 1.81 bits per heavy atom. The molecule has 0 aliphatic heterocycles. The number of hydrogen-bond donors (Lipinski definition) is 2. The first kappa shape index (κ1) is 14.5. The summed E-state index contributed by atoms with van der Waals surface area (Å²) in [5, 5.41) is 14.5. The maximum absolute atomic E-state index is 11.8. The van der Waals surface area contributed by atoms with Gasteiger partial charge in [-0.3, -0.25) is 4.79 Å². The molecule has 0 spiro atoms. The van der Waals surface area contributed by atoms with Crippen LogP contribution in [0.5, 0.6) is 0 Å². The molecule has 0 bridgehead atoms. The van der Waals surface area contributed by atoms with Crippen LogP contribution in [0.2, 0.25) is 0 Å². The minimum atomic E-state index is -0.199. The van der Waals surface area contributed by atoms with Gasteiger partial charge < -0.3 is 10.6 Å². The summed E-state index contributed by atoms with van der Waals surface area (Å²) < 4.78 is 0. The second kappa shape index (κ2) is 6.48. The molecule has 2 rings (SSSR count). The Kier molecular flexibility index (Phi) is 4.46. The highest BCUT2D eigenvalue weighted by molar-refractivity contribution is 5.93. The molecule has 1 aromatic carbocycles. The number of aromatic nitrogens is 2. The lowest BCUT2D eigenvalue weighted by Gasteiger charge is -2.08. The highest BCUT2D eigenvalue weighted by Crippen LogP contribution is 2.13. The number of nitriles is 1. The molecule has 1 amide bonds. The molecule has 0 atom stereocenters. The normalized spacial score (nSPS) is 10.0. The summed E-state index contributed by atoms with van der Waals surface area (Å²) in [4.78, 5) is 19.9. The van der Waals surface area contributed by atoms with Crippen LogP contribution in [0.15, 0.2) is 36.7 Å². The number of amides is 1. The molecule has 6 heteroatoms. The monoisotopic (exact) mass is 281 g/mol. The zero-order valence-corrected chi connectivity index (χ0v) is 11.8. The van der Waals surface area contributed by atoms with Gasteiger partial charge in [-0.1, -0.05) is 0 Å². The van der Waals surface area contributed by atoms with Gasteiger partial charge in [-0.25, -0.2) is 9.97 Å². The van der Waals surface area contributed by atoms with Crippen LogP contribution < -0.4 is 10.6 Å². The average molecular weight is 281 g/mol. The Morgan fingerprint density at radius 3 is 2.33 bits per heavy atom. The van der Waals surface area contributed by atoms with Crippen molar-refractivity contribution in [3.63, 3.8) is 0 Å². The summed E-state index contributed by atoms with van der Waals surface area (Å²) in [5.41, 5.74) is 1.77. The number of carbonyl (C=O) groups excluding carboxylic acids is 1. The Labute approximate surface area is 122 Å². The third-order valence-corrected chi connectivity index (χ3v) is 2.60. The number of nitrogens with zero attached hydrogens (tertiary/aromatic N) is 3. The number of benzene rings is 1. The minimum absolute atomic E-state index is 0.0638. The fourth-order valence-electron chi connectivity index (χ4n) is 1.61. The van der Waals surface area contributed by atoms with Crippen molar-refractivity contribution in [2.75, 3.05) is 5.32 Å². The average Bonchev–Trinajstić information content (AvgIpc) is 2.48. The Hall–Kier alpha value is -2.94. The third-order valence-electron chi connectivity index (χ3n) is 2.60. The van der Waals surface area contributed by atoms with E-state index < -0.39 is 0 Å². The van der Waals surface area contributed by atoms with Gasteiger partial charge in [0.25, 0.3) is 5.91 Å². The van der Waals surface area contributed by atoms with Crippen LogP contribution in [-0.2, 0) is 0 Å². The molecule has 0 aliphatic rings. The van der Waals surface area contributed by atoms with E-state index in [2.05, 4.69) is 20.6 Å². The van der Waals surface area contributed by atoms with E-state index in [1.165, 1.54) is 12.4 Å². The van der Waals surface area contributed by atoms with Crippen LogP contribution in [0.25, 0.3) is 0 Å². The number of hydrogen-bond acceptors (Lipinski definition) is 5. The molecule has 0 radical (unpaired) electrons. The van der Waals surface area contributed by atoms with Crippen molar-refractivity contribution in [3.8, 4) is 6.07 Å². The van der Waals surface area contributed by atoms with Gasteiger partial charge in [0.05, 0.1) is 17.2 Å². The topological polar surface area (TPSA) is 90.7 Å². The quantitative estimate of drug-likeness (QED) is 0.896. The fraction of sp³-hybridized carbons (Fsp3) is 0.200. The molecular formula is C15H15N5O. The number of anilines is 2. The first-order chi connectivity index (χ1) is 10.1. The zero-order chi connectivity index (χ0) is 15.2. The van der Waals surface area contributed by atoms with Crippen LogP contribution in [0.4, 0.5) is 11.6 Å². The molecule has 0 saturated heterocycles. The molecule has 2 N–H and O–H groups in total. The van der Waals surface area contributed by atoms with Crippen molar-refractivity contribution < 1.29 is 4.79 Å². The van der Waals surface area contributed by atoms with E-state index >= 15 is 0 Å². The van der Waals surface area contributed by atoms with Crippen molar-refractivity contribution >= 4 is 17.5 Å². The van der Waals surface area contributed by atoms with Gasteiger partial charge >= 0.3 is 0 Å². The molecule has 21 heavy (non-hydrogen) atoms. The van der Waals surface area contributed by atoms with Crippen molar-refractivity contribution in [1.29, 1.82) is 5.26 Å². The van der Waals surface area contributed by atoms with Gasteiger partial charge in [-0.15, -0.1) is 0 Å². The smallest absolute Gasteiger partial charge is 0.254 e. The summed E-state index contributed by atoms with van der Waals surface area (Å²) in [6.07, 6.45) is 2.94. The molecule has 1 heterocycles. The Morgan fingerprint density at radius 1 is 1.19 bits per heavy atom. The molecular weight excluding hydrogens is 266 g/mol. The lowest BCUT2D eigenvalue weighted by Crippen LogP contribution is -2.30. The molecule has 0 unspecified atom stereocenters. The van der Waals surface area contributed by atoms with Crippen molar-refractivity contribution in [2.45, 2.75) is 19.9 Å². The Balaban J connectivity index is 2.05. The van der Waals surface area contributed by atoms with Crippen LogP contribution in [0, 0.1) is 11.3 Å².